The first kappa shape index (κ1) is 14.3. The molecule has 2 atom stereocenters. The van der Waals surface area contributed by atoms with E-state index in [1.165, 1.54) is 22.4 Å². The van der Waals surface area contributed by atoms with Crippen LogP contribution in [0.4, 0.5) is 5.69 Å². The monoisotopic (exact) mass is 306 g/mol. The molecule has 1 aliphatic heterocycles. The highest BCUT2D eigenvalue weighted by molar-refractivity contribution is 5.86. The Bertz CT molecular complexity index is 740. The van der Waals surface area contributed by atoms with Gasteiger partial charge in [0.15, 0.2) is 0 Å². The average Bonchev–Trinajstić information content (AvgIpc) is 3.19. The summed E-state index contributed by atoms with van der Waals surface area (Å²) in [5, 5.41) is 3.26. The lowest BCUT2D eigenvalue weighted by molar-refractivity contribution is -0.122. The summed E-state index contributed by atoms with van der Waals surface area (Å²) in [4.78, 5) is 15.0. The maximum Gasteiger partial charge on any atom is 0.242 e. The van der Waals surface area contributed by atoms with Gasteiger partial charge in [-0.3, -0.25) is 4.79 Å². The van der Waals surface area contributed by atoms with Gasteiger partial charge in [-0.15, -0.1) is 0 Å². The zero-order chi connectivity index (χ0) is 15.8. The summed E-state index contributed by atoms with van der Waals surface area (Å²) in [5.74, 6) is 0.128. The second kappa shape index (κ2) is 5.73. The number of anilines is 1. The fraction of sp³-hybridized carbons (Fsp3) is 0.350. The highest BCUT2D eigenvalue weighted by atomic mass is 16.2. The minimum absolute atomic E-state index is 0.128. The Balaban J connectivity index is 1.48. The topological polar surface area (TPSA) is 32.3 Å². The number of nitrogens with zero attached hydrogens (tertiary/aromatic N) is 1. The van der Waals surface area contributed by atoms with Gasteiger partial charge in [0.05, 0.1) is 6.04 Å². The third-order valence-electron chi connectivity index (χ3n) is 5.22. The van der Waals surface area contributed by atoms with E-state index in [0.29, 0.717) is 0 Å². The molecular weight excluding hydrogens is 284 g/mol. The average molecular weight is 306 g/mol. The lowest BCUT2D eigenvalue weighted by Gasteiger charge is -2.28. The van der Waals surface area contributed by atoms with Gasteiger partial charge in [-0.2, -0.15) is 0 Å². The van der Waals surface area contributed by atoms with Gasteiger partial charge < -0.3 is 10.2 Å². The Morgan fingerprint density at radius 1 is 1.09 bits per heavy atom. The van der Waals surface area contributed by atoms with Crippen LogP contribution in [0.1, 0.15) is 36.1 Å². The number of para-hydroxylation sites is 1. The molecule has 0 radical (unpaired) electrons. The van der Waals surface area contributed by atoms with E-state index in [1.807, 2.05) is 6.92 Å². The quantitative estimate of drug-likeness (QED) is 0.944. The molecule has 2 aliphatic rings. The van der Waals surface area contributed by atoms with Gasteiger partial charge in [0.25, 0.3) is 0 Å². The number of rotatable bonds is 3. The predicted molar refractivity (Wildman–Crippen MR) is 92.6 cm³/mol. The zero-order valence-corrected chi connectivity index (χ0v) is 13.5. The van der Waals surface area contributed by atoms with E-state index in [2.05, 4.69) is 58.7 Å². The zero-order valence-electron chi connectivity index (χ0n) is 13.5. The van der Waals surface area contributed by atoms with Gasteiger partial charge in [-0.25, -0.2) is 0 Å². The summed E-state index contributed by atoms with van der Waals surface area (Å²) in [6, 6.07) is 16.9. The van der Waals surface area contributed by atoms with Gasteiger partial charge in [0.2, 0.25) is 5.91 Å². The van der Waals surface area contributed by atoms with Gasteiger partial charge in [-0.1, -0.05) is 42.5 Å². The molecule has 2 aromatic rings. The number of carbonyl (C=O) groups excluding carboxylic acids is 1. The normalized spacial score (nSPS) is 20.0. The maximum absolute atomic E-state index is 12.8. The molecule has 3 nitrogen and oxygen atoms in total. The molecule has 0 saturated carbocycles. The Labute approximate surface area is 137 Å². The first-order valence-electron chi connectivity index (χ1n) is 8.47. The summed E-state index contributed by atoms with van der Waals surface area (Å²) in [6.45, 7) is 2.94. The lowest BCUT2D eigenvalue weighted by Crippen LogP contribution is -2.45. The molecule has 0 bridgehead atoms. The van der Waals surface area contributed by atoms with Crippen molar-refractivity contribution in [2.45, 2.75) is 38.3 Å². The Morgan fingerprint density at radius 3 is 2.70 bits per heavy atom. The number of hydrogen-bond acceptors (Lipinski definition) is 2. The molecule has 118 valence electrons. The highest BCUT2D eigenvalue weighted by Gasteiger charge is 2.30. The van der Waals surface area contributed by atoms with E-state index in [9.17, 15) is 4.79 Å². The molecule has 4 rings (SSSR count). The number of hydrogen-bond donors (Lipinski definition) is 1. The van der Waals surface area contributed by atoms with Crippen LogP contribution in [0.3, 0.4) is 0 Å². The Kier molecular flexibility index (Phi) is 3.56. The van der Waals surface area contributed by atoms with E-state index in [1.54, 1.807) is 0 Å². The first-order chi connectivity index (χ1) is 11.2. The van der Waals surface area contributed by atoms with Gasteiger partial charge in [0, 0.05) is 12.2 Å². The maximum atomic E-state index is 12.8. The molecule has 0 saturated heterocycles. The second-order valence-corrected chi connectivity index (χ2v) is 6.55. The molecule has 0 fully saturated rings. The molecule has 0 spiro atoms. The number of amides is 1. The van der Waals surface area contributed by atoms with Crippen LogP contribution in [0, 0.1) is 0 Å². The summed E-state index contributed by atoms with van der Waals surface area (Å²) < 4.78 is 0. The van der Waals surface area contributed by atoms with Gasteiger partial charge >= 0.3 is 0 Å². The van der Waals surface area contributed by atoms with Crippen LogP contribution in [0.15, 0.2) is 48.5 Å². The van der Waals surface area contributed by atoms with Gasteiger partial charge in [0.1, 0.15) is 6.04 Å². The number of nitrogens with one attached hydrogen (secondary N) is 1. The van der Waals surface area contributed by atoms with Crippen LogP contribution in [0.2, 0.25) is 0 Å². The summed E-state index contributed by atoms with van der Waals surface area (Å²) >= 11 is 0. The third kappa shape index (κ3) is 2.50. The highest BCUT2D eigenvalue weighted by Crippen LogP contribution is 2.32. The van der Waals surface area contributed by atoms with Crippen LogP contribution in [-0.2, 0) is 17.6 Å². The predicted octanol–water partition coefficient (Wildman–Crippen LogP) is 3.24. The minimum atomic E-state index is -0.133. The van der Waals surface area contributed by atoms with Gasteiger partial charge in [-0.05, 0) is 48.9 Å². The SMILES string of the molecule is C[C@H](C(=O)N[C@H]1CCc2ccccc21)N1CCc2ccccc21. The molecule has 0 unspecified atom stereocenters. The Hall–Kier alpha value is -2.29. The minimum Gasteiger partial charge on any atom is -0.359 e. The summed E-state index contributed by atoms with van der Waals surface area (Å²) in [5.41, 5.74) is 5.21. The molecule has 2 aromatic carbocycles. The van der Waals surface area contributed by atoms with Crippen molar-refractivity contribution in [3.05, 3.63) is 65.2 Å². The molecule has 3 heteroatoms. The third-order valence-corrected chi connectivity index (χ3v) is 5.22. The van der Waals surface area contributed by atoms with Crippen molar-refractivity contribution in [1.82, 2.24) is 5.32 Å². The van der Waals surface area contributed by atoms with Crippen LogP contribution in [0.5, 0.6) is 0 Å². The van der Waals surface area contributed by atoms with Crippen molar-refractivity contribution in [3.63, 3.8) is 0 Å². The Morgan fingerprint density at radius 2 is 1.83 bits per heavy atom. The molecule has 1 N–H and O–H groups in total. The molecule has 1 heterocycles. The number of aryl methyl sites for hydroxylation is 1. The van der Waals surface area contributed by atoms with E-state index >= 15 is 0 Å². The van der Waals surface area contributed by atoms with Crippen molar-refractivity contribution in [2.75, 3.05) is 11.4 Å². The number of carbonyl (C=O) groups is 1. The van der Waals surface area contributed by atoms with Crippen molar-refractivity contribution in [3.8, 4) is 0 Å². The van der Waals surface area contributed by atoms with E-state index in [-0.39, 0.29) is 18.0 Å². The lowest BCUT2D eigenvalue weighted by atomic mass is 10.1. The van der Waals surface area contributed by atoms with E-state index < -0.39 is 0 Å². The van der Waals surface area contributed by atoms with Crippen LogP contribution in [-0.4, -0.2) is 18.5 Å². The second-order valence-electron chi connectivity index (χ2n) is 6.55. The van der Waals surface area contributed by atoms with Crippen LogP contribution < -0.4 is 10.2 Å². The van der Waals surface area contributed by atoms with Crippen molar-refractivity contribution in [2.24, 2.45) is 0 Å². The number of fused-ring (bicyclic) bond motifs is 2. The van der Waals surface area contributed by atoms with Crippen LogP contribution in [0.25, 0.3) is 0 Å². The first-order valence-corrected chi connectivity index (χ1v) is 8.47. The standard InChI is InChI=1S/C20H22N2O/c1-14(22-13-12-16-7-3-5-9-19(16)22)20(23)21-18-11-10-15-6-2-4-8-17(15)18/h2-9,14,18H,10-13H2,1H3,(H,21,23)/t14-,18+/m1/s1. The van der Waals surface area contributed by atoms with Crippen molar-refractivity contribution >= 4 is 11.6 Å². The fourth-order valence-corrected chi connectivity index (χ4v) is 3.91. The van der Waals surface area contributed by atoms with Crippen molar-refractivity contribution in [1.29, 1.82) is 0 Å². The molecule has 1 amide bonds. The number of benzene rings is 2. The molecular formula is C20H22N2O. The molecule has 23 heavy (non-hydrogen) atoms. The molecule has 0 aromatic heterocycles. The van der Waals surface area contributed by atoms with E-state index in [4.69, 9.17) is 0 Å². The molecule has 1 aliphatic carbocycles. The fourth-order valence-electron chi connectivity index (χ4n) is 3.91. The largest absolute Gasteiger partial charge is 0.359 e. The summed E-state index contributed by atoms with van der Waals surface area (Å²) in [6.07, 6.45) is 3.09. The van der Waals surface area contributed by atoms with E-state index in [0.717, 1.165) is 25.8 Å². The van der Waals surface area contributed by atoms with Crippen LogP contribution >= 0.6 is 0 Å². The summed E-state index contributed by atoms with van der Waals surface area (Å²) in [7, 11) is 0. The van der Waals surface area contributed by atoms with Crippen molar-refractivity contribution < 1.29 is 4.79 Å². The smallest absolute Gasteiger partial charge is 0.242 e.